The number of aryl methyl sites for hydroxylation is 1. The number of hydrogen-bond donors (Lipinski definition) is 0. The Morgan fingerprint density at radius 2 is 1.74 bits per heavy atom. The summed E-state index contributed by atoms with van der Waals surface area (Å²) in [6.45, 7) is 2.16. The molecule has 138 valence electrons. The molecule has 2 aliphatic rings. The normalized spacial score (nSPS) is 27.8. The quantitative estimate of drug-likeness (QED) is 0.626. The van der Waals surface area contributed by atoms with Crippen molar-refractivity contribution in [1.29, 1.82) is 0 Å². The third-order valence-corrected chi connectivity index (χ3v) is 7.59. The first-order chi connectivity index (χ1) is 13.2. The van der Waals surface area contributed by atoms with Gasteiger partial charge in [0.25, 0.3) is 0 Å². The van der Waals surface area contributed by atoms with Crippen molar-refractivity contribution in [3.63, 3.8) is 0 Å². The van der Waals surface area contributed by atoms with E-state index in [1.54, 1.807) is 11.3 Å². The maximum absolute atomic E-state index is 4.70. The Kier molecular flexibility index (Phi) is 4.33. The third-order valence-electron chi connectivity index (χ3n) is 6.52. The molecule has 2 saturated heterocycles. The average molecular weight is 376 g/mol. The van der Waals surface area contributed by atoms with Crippen LogP contribution in [0.3, 0.4) is 0 Å². The van der Waals surface area contributed by atoms with Crippen LogP contribution in [0.1, 0.15) is 47.2 Å². The highest BCUT2D eigenvalue weighted by molar-refractivity contribution is 7.14. The monoisotopic (exact) mass is 375 g/mol. The summed E-state index contributed by atoms with van der Waals surface area (Å²) in [4.78, 5) is 2.61. The predicted octanol–water partition coefficient (Wildman–Crippen LogP) is 5.25. The molecule has 0 saturated carbocycles. The van der Waals surface area contributed by atoms with Crippen LogP contribution in [0.25, 0.3) is 10.6 Å². The van der Waals surface area contributed by atoms with Gasteiger partial charge in [-0.2, -0.15) is 0 Å². The minimum Gasteiger partial charge on any atom is -0.300 e. The van der Waals surface area contributed by atoms with E-state index in [1.807, 2.05) is 6.07 Å². The van der Waals surface area contributed by atoms with Crippen LogP contribution in [0.4, 0.5) is 0 Å². The minimum atomic E-state index is 0.436. The fourth-order valence-electron chi connectivity index (χ4n) is 5.03. The summed E-state index contributed by atoms with van der Waals surface area (Å²) in [5.41, 5.74) is 3.96. The van der Waals surface area contributed by atoms with E-state index in [0.717, 1.165) is 5.01 Å². The van der Waals surface area contributed by atoms with Gasteiger partial charge in [-0.15, -0.1) is 10.2 Å². The van der Waals surface area contributed by atoms with Crippen LogP contribution in [0.5, 0.6) is 0 Å². The summed E-state index contributed by atoms with van der Waals surface area (Å²) in [6.07, 6.45) is 3.81. The van der Waals surface area contributed by atoms with E-state index in [2.05, 4.69) is 72.5 Å². The Balaban J connectivity index is 1.54. The summed E-state index contributed by atoms with van der Waals surface area (Å²) in [6, 6.07) is 20.9. The Labute approximate surface area is 165 Å². The number of hydrogen-bond acceptors (Lipinski definition) is 4. The molecule has 4 heteroatoms. The van der Waals surface area contributed by atoms with E-state index in [1.165, 1.54) is 41.0 Å². The molecule has 2 aromatic carbocycles. The van der Waals surface area contributed by atoms with Crippen molar-refractivity contribution in [2.45, 2.75) is 50.1 Å². The second-order valence-electron chi connectivity index (χ2n) is 8.05. The molecule has 3 heterocycles. The molecule has 2 bridgehead atoms. The van der Waals surface area contributed by atoms with Crippen LogP contribution in [-0.2, 0) is 0 Å². The number of piperidine rings is 1. The molecular formula is C23H25N3S. The van der Waals surface area contributed by atoms with Gasteiger partial charge in [0.1, 0.15) is 10.0 Å². The van der Waals surface area contributed by atoms with Gasteiger partial charge < -0.3 is 0 Å². The van der Waals surface area contributed by atoms with E-state index in [0.29, 0.717) is 23.9 Å². The van der Waals surface area contributed by atoms with Crippen LogP contribution < -0.4 is 0 Å². The first-order valence-corrected chi connectivity index (χ1v) is 10.7. The number of likely N-dealkylation sites (N-methyl/N-ethyl adjacent to an activating group) is 1. The zero-order valence-corrected chi connectivity index (χ0v) is 16.7. The lowest BCUT2D eigenvalue weighted by Gasteiger charge is -2.42. The van der Waals surface area contributed by atoms with Crippen LogP contribution in [-0.4, -0.2) is 34.2 Å². The molecule has 1 aromatic heterocycles. The lowest BCUT2D eigenvalue weighted by molar-refractivity contribution is 0.137. The molecule has 4 atom stereocenters. The SMILES string of the molecule is Cc1ccc(C2C[C@H]3CCC([C@H]2c2nnc(-c4ccccc4)s2)N3C)cc1. The van der Waals surface area contributed by atoms with Crippen molar-refractivity contribution in [2.75, 3.05) is 7.05 Å². The van der Waals surface area contributed by atoms with E-state index < -0.39 is 0 Å². The summed E-state index contributed by atoms with van der Waals surface area (Å²) in [5.74, 6) is 0.974. The van der Waals surface area contributed by atoms with Gasteiger partial charge in [-0.3, -0.25) is 4.90 Å². The molecule has 27 heavy (non-hydrogen) atoms. The van der Waals surface area contributed by atoms with Gasteiger partial charge in [0, 0.05) is 23.6 Å². The predicted molar refractivity (Wildman–Crippen MR) is 111 cm³/mol. The maximum Gasteiger partial charge on any atom is 0.147 e. The summed E-state index contributed by atoms with van der Waals surface area (Å²) >= 11 is 1.78. The van der Waals surface area contributed by atoms with Gasteiger partial charge >= 0.3 is 0 Å². The van der Waals surface area contributed by atoms with Crippen molar-refractivity contribution in [3.8, 4) is 10.6 Å². The van der Waals surface area contributed by atoms with Crippen LogP contribution in [0.15, 0.2) is 54.6 Å². The average Bonchev–Trinajstić information content (AvgIpc) is 3.26. The van der Waals surface area contributed by atoms with Crippen molar-refractivity contribution >= 4 is 11.3 Å². The van der Waals surface area contributed by atoms with E-state index in [4.69, 9.17) is 5.10 Å². The zero-order valence-electron chi connectivity index (χ0n) is 15.9. The second-order valence-corrected chi connectivity index (χ2v) is 9.06. The van der Waals surface area contributed by atoms with Crippen LogP contribution >= 0.6 is 11.3 Å². The van der Waals surface area contributed by atoms with E-state index in [-0.39, 0.29) is 0 Å². The number of nitrogens with zero attached hydrogens (tertiary/aromatic N) is 3. The third kappa shape index (κ3) is 3.01. The highest BCUT2D eigenvalue weighted by atomic mass is 32.1. The van der Waals surface area contributed by atoms with Crippen molar-refractivity contribution in [3.05, 3.63) is 70.7 Å². The lowest BCUT2D eigenvalue weighted by atomic mass is 9.76. The zero-order chi connectivity index (χ0) is 18.4. The van der Waals surface area contributed by atoms with Gasteiger partial charge in [-0.25, -0.2) is 0 Å². The molecule has 5 rings (SSSR count). The molecule has 3 nitrogen and oxygen atoms in total. The van der Waals surface area contributed by atoms with Crippen molar-refractivity contribution in [1.82, 2.24) is 15.1 Å². The van der Waals surface area contributed by atoms with Crippen molar-refractivity contribution < 1.29 is 0 Å². The molecule has 0 aliphatic carbocycles. The van der Waals surface area contributed by atoms with Gasteiger partial charge in [0.15, 0.2) is 0 Å². The van der Waals surface area contributed by atoms with Crippen molar-refractivity contribution in [2.24, 2.45) is 0 Å². The Hall–Kier alpha value is -2.04. The van der Waals surface area contributed by atoms with E-state index in [9.17, 15) is 0 Å². The number of aromatic nitrogens is 2. The largest absolute Gasteiger partial charge is 0.300 e. The van der Waals surface area contributed by atoms with Gasteiger partial charge in [0.2, 0.25) is 0 Å². The fourth-order valence-corrected chi connectivity index (χ4v) is 6.10. The van der Waals surface area contributed by atoms with Gasteiger partial charge in [-0.05, 0) is 44.7 Å². The number of benzene rings is 2. The van der Waals surface area contributed by atoms with Gasteiger partial charge in [-0.1, -0.05) is 71.5 Å². The smallest absolute Gasteiger partial charge is 0.147 e. The molecule has 0 amide bonds. The van der Waals surface area contributed by atoms with Crippen LogP contribution in [0.2, 0.25) is 0 Å². The first-order valence-electron chi connectivity index (χ1n) is 9.88. The standard InChI is InChI=1S/C23H25N3S/c1-15-8-10-16(11-9-15)19-14-18-12-13-20(26(18)2)21(19)23-25-24-22(27-23)17-6-4-3-5-7-17/h3-11,18-21H,12-14H2,1-2H3/t18-,19?,20?,21+/m1/s1. The maximum atomic E-state index is 4.70. The molecule has 0 spiro atoms. The molecule has 2 aliphatic heterocycles. The number of rotatable bonds is 3. The Bertz CT molecular complexity index is 918. The fraction of sp³-hybridized carbons (Fsp3) is 0.391. The summed E-state index contributed by atoms with van der Waals surface area (Å²) in [5, 5.41) is 11.5. The topological polar surface area (TPSA) is 29.0 Å². The Morgan fingerprint density at radius 3 is 2.52 bits per heavy atom. The Morgan fingerprint density at radius 1 is 0.963 bits per heavy atom. The lowest BCUT2D eigenvalue weighted by Crippen LogP contribution is -2.44. The van der Waals surface area contributed by atoms with Gasteiger partial charge in [0.05, 0.1) is 0 Å². The van der Waals surface area contributed by atoms with E-state index >= 15 is 0 Å². The second kappa shape index (κ2) is 6.84. The minimum absolute atomic E-state index is 0.436. The van der Waals surface area contributed by atoms with Crippen LogP contribution in [0, 0.1) is 6.92 Å². The molecule has 0 N–H and O–H groups in total. The molecule has 3 aromatic rings. The number of fused-ring (bicyclic) bond motifs is 2. The first kappa shape index (κ1) is 17.1. The summed E-state index contributed by atoms with van der Waals surface area (Å²) < 4.78 is 0. The highest BCUT2D eigenvalue weighted by Crippen LogP contribution is 2.51. The molecule has 0 radical (unpaired) electrons. The molecular weight excluding hydrogens is 350 g/mol. The molecule has 2 unspecified atom stereocenters. The molecule has 2 fully saturated rings. The highest BCUT2D eigenvalue weighted by Gasteiger charge is 2.47. The summed E-state index contributed by atoms with van der Waals surface area (Å²) in [7, 11) is 2.31.